The van der Waals surface area contributed by atoms with E-state index in [2.05, 4.69) is 35.7 Å². The number of hydrogen-bond donors (Lipinski definition) is 2. The van der Waals surface area contributed by atoms with Crippen molar-refractivity contribution in [2.75, 3.05) is 13.2 Å². The normalized spacial score (nSPS) is 30.4. The van der Waals surface area contributed by atoms with Gasteiger partial charge in [0.1, 0.15) is 5.76 Å². The van der Waals surface area contributed by atoms with Gasteiger partial charge in [-0.3, -0.25) is 0 Å². The summed E-state index contributed by atoms with van der Waals surface area (Å²) in [5, 5.41) is 11.5. The fraction of sp³-hybridized carbons (Fsp3) is 0.579. The molecule has 3 atom stereocenters. The molecule has 23 heavy (non-hydrogen) atoms. The summed E-state index contributed by atoms with van der Waals surface area (Å²) in [6.07, 6.45) is 12.8. The monoisotopic (exact) mass is 333 g/mol. The van der Waals surface area contributed by atoms with Gasteiger partial charge in [-0.05, 0) is 74.0 Å². The van der Waals surface area contributed by atoms with Crippen LogP contribution >= 0.6 is 11.3 Å². The van der Waals surface area contributed by atoms with Crippen molar-refractivity contribution in [2.45, 2.75) is 44.1 Å². The molecule has 0 bridgehead atoms. The fourth-order valence-electron chi connectivity index (χ4n) is 3.67. The second kappa shape index (κ2) is 7.65. The number of aryl methyl sites for hydroxylation is 1. The predicted octanol–water partition coefficient (Wildman–Crippen LogP) is 3.65. The molecule has 0 amide bonds. The zero-order valence-corrected chi connectivity index (χ0v) is 14.4. The summed E-state index contributed by atoms with van der Waals surface area (Å²) >= 11 is 1.81. The molecule has 126 valence electrons. The molecule has 2 aliphatic rings. The molecular weight excluding hydrogens is 306 g/mol. The minimum atomic E-state index is -0.346. The number of ether oxygens (including phenoxy) is 1. The largest absolute Gasteiger partial charge is 0.494 e. The van der Waals surface area contributed by atoms with Crippen LogP contribution < -0.4 is 5.73 Å². The second-order valence-electron chi connectivity index (χ2n) is 6.92. The molecule has 0 aliphatic heterocycles. The Morgan fingerprint density at radius 1 is 1.43 bits per heavy atom. The molecule has 1 aromatic heterocycles. The van der Waals surface area contributed by atoms with Gasteiger partial charge in [0.15, 0.2) is 0 Å². The summed E-state index contributed by atoms with van der Waals surface area (Å²) in [5.74, 6) is 2.15. The van der Waals surface area contributed by atoms with Crippen molar-refractivity contribution < 1.29 is 9.84 Å². The average molecular weight is 333 g/mol. The summed E-state index contributed by atoms with van der Waals surface area (Å²) < 4.78 is 5.87. The molecule has 1 unspecified atom stereocenters. The van der Waals surface area contributed by atoms with Gasteiger partial charge in [0.05, 0.1) is 13.2 Å². The highest BCUT2D eigenvalue weighted by atomic mass is 32.1. The van der Waals surface area contributed by atoms with Crippen LogP contribution in [-0.2, 0) is 11.2 Å². The van der Waals surface area contributed by atoms with Crippen LogP contribution in [0.3, 0.4) is 0 Å². The Hall–Kier alpha value is -1.10. The lowest BCUT2D eigenvalue weighted by atomic mass is 9.84. The summed E-state index contributed by atoms with van der Waals surface area (Å²) in [6.45, 7) is 0.882. The van der Waals surface area contributed by atoms with Gasteiger partial charge in [0.2, 0.25) is 0 Å². The van der Waals surface area contributed by atoms with E-state index in [9.17, 15) is 5.11 Å². The zero-order chi connectivity index (χ0) is 16.1. The minimum absolute atomic E-state index is 0.106. The number of nitrogens with two attached hydrogens (primary N) is 1. The van der Waals surface area contributed by atoms with Crippen molar-refractivity contribution in [2.24, 2.45) is 17.6 Å². The number of allylic oxidation sites excluding steroid dienone is 3. The number of rotatable bonds is 7. The van der Waals surface area contributed by atoms with Crippen molar-refractivity contribution in [3.05, 3.63) is 46.4 Å². The molecule has 1 heterocycles. The third-order valence-corrected chi connectivity index (χ3v) is 6.05. The summed E-state index contributed by atoms with van der Waals surface area (Å²) in [7, 11) is 0. The molecule has 0 saturated heterocycles. The molecule has 0 radical (unpaired) electrons. The van der Waals surface area contributed by atoms with Gasteiger partial charge >= 0.3 is 0 Å². The smallest absolute Gasteiger partial charge is 0.115 e. The predicted molar refractivity (Wildman–Crippen MR) is 95.3 cm³/mol. The van der Waals surface area contributed by atoms with Gasteiger partial charge in [-0.2, -0.15) is 0 Å². The van der Waals surface area contributed by atoms with Crippen molar-refractivity contribution >= 4 is 11.3 Å². The molecule has 1 aromatic rings. The van der Waals surface area contributed by atoms with Crippen molar-refractivity contribution in [1.29, 1.82) is 0 Å². The molecule has 0 spiro atoms. The van der Waals surface area contributed by atoms with E-state index in [1.54, 1.807) is 0 Å². The van der Waals surface area contributed by atoms with Gasteiger partial charge in [0.25, 0.3) is 0 Å². The highest BCUT2D eigenvalue weighted by Crippen LogP contribution is 2.40. The molecule has 3 nitrogen and oxygen atoms in total. The van der Waals surface area contributed by atoms with E-state index in [1.165, 1.54) is 4.88 Å². The lowest BCUT2D eigenvalue weighted by Gasteiger charge is -2.25. The Labute approximate surface area is 142 Å². The molecule has 1 fully saturated rings. The molecule has 2 aliphatic carbocycles. The van der Waals surface area contributed by atoms with Crippen LogP contribution in [0.15, 0.2) is 41.5 Å². The van der Waals surface area contributed by atoms with E-state index >= 15 is 0 Å². The zero-order valence-electron chi connectivity index (χ0n) is 13.6. The Morgan fingerprint density at radius 3 is 3.00 bits per heavy atom. The summed E-state index contributed by atoms with van der Waals surface area (Å²) in [4.78, 5) is 1.43. The molecule has 3 N–H and O–H groups in total. The third kappa shape index (κ3) is 4.46. The topological polar surface area (TPSA) is 55.5 Å². The van der Waals surface area contributed by atoms with Crippen molar-refractivity contribution in [1.82, 2.24) is 0 Å². The van der Waals surface area contributed by atoms with Crippen LogP contribution in [0.5, 0.6) is 0 Å². The van der Waals surface area contributed by atoms with Gasteiger partial charge in [-0.25, -0.2) is 0 Å². The van der Waals surface area contributed by atoms with E-state index in [1.807, 2.05) is 11.3 Å². The van der Waals surface area contributed by atoms with Gasteiger partial charge in [0, 0.05) is 10.4 Å². The van der Waals surface area contributed by atoms with Crippen LogP contribution in [0.2, 0.25) is 0 Å². The first kappa shape index (κ1) is 16.7. The van der Waals surface area contributed by atoms with E-state index in [0.29, 0.717) is 11.8 Å². The fourth-order valence-corrected chi connectivity index (χ4v) is 4.42. The standard InChI is InChI=1S/C19H27NO2S/c20-19(14-21)10-9-16(13-19)15-5-7-17(8-6-15)22-11-1-3-18-4-2-12-23-18/h2,4-5,7-8,12,15-16,21H,1,3,6,9-11,13-14,20H2/t15?,16-,19-/m1/s1. The number of thiophene rings is 1. The second-order valence-corrected chi connectivity index (χ2v) is 7.95. The van der Waals surface area contributed by atoms with E-state index in [4.69, 9.17) is 10.5 Å². The van der Waals surface area contributed by atoms with Crippen LogP contribution in [-0.4, -0.2) is 23.9 Å². The first-order chi connectivity index (χ1) is 11.2. The van der Waals surface area contributed by atoms with Crippen LogP contribution in [0.4, 0.5) is 0 Å². The number of aliphatic hydroxyl groups is 1. The minimum Gasteiger partial charge on any atom is -0.494 e. The third-order valence-electron chi connectivity index (χ3n) is 5.12. The van der Waals surface area contributed by atoms with Gasteiger partial charge in [-0.15, -0.1) is 11.3 Å². The lowest BCUT2D eigenvalue weighted by Crippen LogP contribution is -2.41. The Balaban J connectivity index is 1.38. The van der Waals surface area contributed by atoms with E-state index in [-0.39, 0.29) is 12.1 Å². The first-order valence-corrected chi connectivity index (χ1v) is 9.50. The van der Waals surface area contributed by atoms with E-state index in [0.717, 1.165) is 50.9 Å². The first-order valence-electron chi connectivity index (χ1n) is 8.62. The average Bonchev–Trinajstić information content (AvgIpc) is 3.23. The Kier molecular flexibility index (Phi) is 5.57. The van der Waals surface area contributed by atoms with Crippen molar-refractivity contribution in [3.63, 3.8) is 0 Å². The molecule has 0 aromatic carbocycles. The maximum atomic E-state index is 9.40. The molecule has 1 saturated carbocycles. The molecular formula is C19H27NO2S. The maximum Gasteiger partial charge on any atom is 0.115 e. The Bertz CT molecular complexity index is 552. The molecule has 4 heteroatoms. The van der Waals surface area contributed by atoms with Crippen molar-refractivity contribution in [3.8, 4) is 0 Å². The van der Waals surface area contributed by atoms with Crippen LogP contribution in [0.1, 0.15) is 37.0 Å². The maximum absolute atomic E-state index is 9.40. The number of hydrogen-bond acceptors (Lipinski definition) is 4. The Morgan fingerprint density at radius 2 is 2.35 bits per heavy atom. The highest BCUT2D eigenvalue weighted by Gasteiger charge is 2.38. The quantitative estimate of drug-likeness (QED) is 0.749. The summed E-state index contributed by atoms with van der Waals surface area (Å²) in [5.41, 5.74) is 5.84. The highest BCUT2D eigenvalue weighted by molar-refractivity contribution is 7.09. The number of aliphatic hydroxyl groups excluding tert-OH is 1. The summed E-state index contributed by atoms with van der Waals surface area (Å²) in [6, 6.07) is 4.28. The lowest BCUT2D eigenvalue weighted by molar-refractivity contribution is 0.191. The van der Waals surface area contributed by atoms with E-state index < -0.39 is 0 Å². The van der Waals surface area contributed by atoms with Gasteiger partial charge < -0.3 is 15.6 Å². The van der Waals surface area contributed by atoms with Crippen LogP contribution in [0, 0.1) is 11.8 Å². The molecule has 3 rings (SSSR count). The van der Waals surface area contributed by atoms with Gasteiger partial charge in [-0.1, -0.05) is 12.1 Å². The van der Waals surface area contributed by atoms with Crippen LogP contribution in [0.25, 0.3) is 0 Å². The SMILES string of the molecule is N[C@]1(CO)CC[C@@H](C2C=CC(OCCCc3cccs3)=CC2)C1.